The Morgan fingerprint density at radius 1 is 1.11 bits per heavy atom. The summed E-state index contributed by atoms with van der Waals surface area (Å²) in [7, 11) is 0. The van der Waals surface area contributed by atoms with Crippen LogP contribution in [0.5, 0.6) is 0 Å². The van der Waals surface area contributed by atoms with E-state index in [2.05, 4.69) is 39.0 Å². The van der Waals surface area contributed by atoms with Crippen LogP contribution in [0.2, 0.25) is 0 Å². The van der Waals surface area contributed by atoms with Gasteiger partial charge in [0.2, 0.25) is 0 Å². The molecule has 4 heteroatoms. The van der Waals surface area contributed by atoms with E-state index in [4.69, 9.17) is 0 Å². The Hall–Kier alpha value is -1.68. The molecule has 0 aliphatic carbocycles. The van der Waals surface area contributed by atoms with Gasteiger partial charge in [-0.3, -0.25) is 0 Å². The summed E-state index contributed by atoms with van der Waals surface area (Å²) in [4.78, 5) is 0. The van der Waals surface area contributed by atoms with Crippen LogP contribution < -0.4 is 10.6 Å². The molecule has 1 aliphatic heterocycles. The summed E-state index contributed by atoms with van der Waals surface area (Å²) in [5.74, 6) is 0.920. The summed E-state index contributed by atoms with van der Waals surface area (Å²) in [6.45, 7) is 4.16. The second-order valence-electron chi connectivity index (χ2n) is 4.85. The van der Waals surface area contributed by atoms with Crippen LogP contribution in [0.15, 0.2) is 24.3 Å². The molecule has 0 atom stereocenters. The van der Waals surface area contributed by atoms with Crippen LogP contribution in [0.1, 0.15) is 18.5 Å². The molecular weight excluding hydrogens is 224 g/mol. The minimum Gasteiger partial charge on any atom is -0.365 e. The number of nitrogens with one attached hydrogen (secondary N) is 2. The fourth-order valence-electron chi connectivity index (χ4n) is 2.50. The van der Waals surface area contributed by atoms with E-state index < -0.39 is 0 Å². The highest BCUT2D eigenvalue weighted by Gasteiger charge is 2.15. The van der Waals surface area contributed by atoms with Crippen LogP contribution in [0.25, 0.3) is 10.8 Å². The summed E-state index contributed by atoms with van der Waals surface area (Å²) in [6.07, 6.45) is 2.29. The van der Waals surface area contributed by atoms with Crippen LogP contribution in [-0.2, 0) is 0 Å². The van der Waals surface area contributed by atoms with Crippen LogP contribution >= 0.6 is 0 Å². The average molecular weight is 242 g/mol. The predicted octanol–water partition coefficient (Wildman–Crippen LogP) is 2.10. The number of aromatic nitrogens is 2. The fourth-order valence-corrected chi connectivity index (χ4v) is 2.50. The van der Waals surface area contributed by atoms with Crippen molar-refractivity contribution < 1.29 is 0 Å². The van der Waals surface area contributed by atoms with Crippen LogP contribution in [-0.4, -0.2) is 29.3 Å². The van der Waals surface area contributed by atoms with Crippen molar-refractivity contribution in [1.82, 2.24) is 15.5 Å². The average Bonchev–Trinajstić information content (AvgIpc) is 2.44. The number of hydrogen-bond donors (Lipinski definition) is 2. The van der Waals surface area contributed by atoms with E-state index in [1.54, 1.807) is 0 Å². The normalized spacial score (nSPS) is 16.9. The fraction of sp³-hybridized carbons (Fsp3) is 0.429. The van der Waals surface area contributed by atoms with Crippen molar-refractivity contribution in [2.75, 3.05) is 18.4 Å². The highest BCUT2D eigenvalue weighted by atomic mass is 15.2. The zero-order valence-corrected chi connectivity index (χ0v) is 10.6. The molecule has 94 valence electrons. The molecule has 2 N–H and O–H groups in total. The minimum atomic E-state index is 0.506. The topological polar surface area (TPSA) is 49.8 Å². The molecule has 0 unspecified atom stereocenters. The first kappa shape index (κ1) is 11.4. The molecule has 1 aliphatic rings. The lowest BCUT2D eigenvalue weighted by Crippen LogP contribution is -2.35. The molecule has 18 heavy (non-hydrogen) atoms. The van der Waals surface area contributed by atoms with Gasteiger partial charge in [-0.25, -0.2) is 0 Å². The van der Waals surface area contributed by atoms with Crippen molar-refractivity contribution in [2.24, 2.45) is 0 Å². The van der Waals surface area contributed by atoms with Crippen molar-refractivity contribution in [2.45, 2.75) is 25.8 Å². The second-order valence-corrected chi connectivity index (χ2v) is 4.85. The molecular formula is C14H18N4. The van der Waals surface area contributed by atoms with Crippen LogP contribution in [0.3, 0.4) is 0 Å². The minimum absolute atomic E-state index is 0.506. The van der Waals surface area contributed by atoms with Crippen molar-refractivity contribution in [1.29, 1.82) is 0 Å². The molecule has 0 amide bonds. The SMILES string of the molecule is Cc1nnc(NC2CCNCC2)c2ccccc12. The van der Waals surface area contributed by atoms with Gasteiger partial charge in [0, 0.05) is 16.8 Å². The standard InChI is InChI=1S/C14H18N4/c1-10-12-4-2-3-5-13(12)14(18-17-10)16-11-6-8-15-9-7-11/h2-5,11,15H,6-9H2,1H3,(H,16,18). The van der Waals surface area contributed by atoms with Crippen molar-refractivity contribution in [3.05, 3.63) is 30.0 Å². The zero-order valence-electron chi connectivity index (χ0n) is 10.6. The third kappa shape index (κ3) is 2.16. The maximum atomic E-state index is 4.32. The Morgan fingerprint density at radius 2 is 1.83 bits per heavy atom. The molecule has 1 aromatic carbocycles. The molecule has 1 aromatic heterocycles. The van der Waals surface area contributed by atoms with Crippen LogP contribution in [0, 0.1) is 6.92 Å². The van der Waals surface area contributed by atoms with E-state index in [-0.39, 0.29) is 0 Å². The highest BCUT2D eigenvalue weighted by molar-refractivity contribution is 5.92. The summed E-state index contributed by atoms with van der Waals surface area (Å²) >= 11 is 0. The lowest BCUT2D eigenvalue weighted by molar-refractivity contribution is 0.478. The summed E-state index contributed by atoms with van der Waals surface area (Å²) in [5, 5.41) is 17.8. The summed E-state index contributed by atoms with van der Waals surface area (Å²) in [5.41, 5.74) is 0.987. The lowest BCUT2D eigenvalue weighted by atomic mass is 10.1. The Balaban J connectivity index is 1.94. The first-order valence-corrected chi connectivity index (χ1v) is 6.54. The molecule has 0 bridgehead atoms. The van der Waals surface area contributed by atoms with Gasteiger partial charge in [-0.2, -0.15) is 5.10 Å². The van der Waals surface area contributed by atoms with Gasteiger partial charge < -0.3 is 10.6 Å². The summed E-state index contributed by atoms with van der Waals surface area (Å²) < 4.78 is 0. The molecule has 0 saturated carbocycles. The van der Waals surface area contributed by atoms with Gasteiger partial charge in [0.05, 0.1) is 5.69 Å². The molecule has 2 heterocycles. The van der Waals surface area contributed by atoms with E-state index >= 15 is 0 Å². The zero-order chi connectivity index (χ0) is 12.4. The number of nitrogens with zero attached hydrogens (tertiary/aromatic N) is 2. The van der Waals surface area contributed by atoms with Crippen molar-refractivity contribution in [3.63, 3.8) is 0 Å². The van der Waals surface area contributed by atoms with E-state index in [1.165, 1.54) is 10.8 Å². The van der Waals surface area contributed by atoms with Gasteiger partial charge in [0.15, 0.2) is 5.82 Å². The first-order valence-electron chi connectivity index (χ1n) is 6.54. The number of hydrogen-bond acceptors (Lipinski definition) is 4. The monoisotopic (exact) mass is 242 g/mol. The van der Waals surface area contributed by atoms with Gasteiger partial charge in [0.25, 0.3) is 0 Å². The molecule has 4 nitrogen and oxygen atoms in total. The number of fused-ring (bicyclic) bond motifs is 1. The molecule has 1 saturated heterocycles. The van der Waals surface area contributed by atoms with Gasteiger partial charge in [-0.1, -0.05) is 24.3 Å². The van der Waals surface area contributed by atoms with Gasteiger partial charge in [0.1, 0.15) is 0 Å². The highest BCUT2D eigenvalue weighted by Crippen LogP contribution is 2.23. The third-order valence-electron chi connectivity index (χ3n) is 3.55. The largest absolute Gasteiger partial charge is 0.365 e. The van der Waals surface area contributed by atoms with Gasteiger partial charge in [-0.15, -0.1) is 5.10 Å². The third-order valence-corrected chi connectivity index (χ3v) is 3.55. The predicted molar refractivity (Wildman–Crippen MR) is 73.8 cm³/mol. The van der Waals surface area contributed by atoms with Gasteiger partial charge in [-0.05, 0) is 32.9 Å². The Labute approximate surface area is 107 Å². The molecule has 1 fully saturated rings. The van der Waals surface area contributed by atoms with Crippen molar-refractivity contribution in [3.8, 4) is 0 Å². The smallest absolute Gasteiger partial charge is 0.156 e. The maximum absolute atomic E-state index is 4.32. The van der Waals surface area contributed by atoms with E-state index in [0.717, 1.165) is 37.4 Å². The van der Waals surface area contributed by atoms with Gasteiger partial charge >= 0.3 is 0 Å². The molecule has 0 radical (unpaired) electrons. The van der Waals surface area contributed by atoms with E-state index in [1.807, 2.05) is 13.0 Å². The number of piperidine rings is 1. The molecule has 3 rings (SSSR count). The number of aryl methyl sites for hydroxylation is 1. The van der Waals surface area contributed by atoms with E-state index in [9.17, 15) is 0 Å². The lowest BCUT2D eigenvalue weighted by Gasteiger charge is -2.24. The Bertz CT molecular complexity index is 546. The number of rotatable bonds is 2. The first-order chi connectivity index (χ1) is 8.84. The van der Waals surface area contributed by atoms with Crippen LogP contribution in [0.4, 0.5) is 5.82 Å². The van der Waals surface area contributed by atoms with E-state index in [0.29, 0.717) is 6.04 Å². The quantitative estimate of drug-likeness (QED) is 0.846. The number of anilines is 1. The Morgan fingerprint density at radius 3 is 2.61 bits per heavy atom. The summed E-state index contributed by atoms with van der Waals surface area (Å²) in [6, 6.07) is 8.82. The van der Waals surface area contributed by atoms with Crippen molar-refractivity contribution >= 4 is 16.6 Å². The molecule has 0 spiro atoms. The maximum Gasteiger partial charge on any atom is 0.156 e. The second kappa shape index (κ2) is 4.90. The Kier molecular flexibility index (Phi) is 3.11. The molecule has 2 aromatic rings. The number of benzene rings is 1.